The van der Waals surface area contributed by atoms with Crippen molar-refractivity contribution in [1.82, 2.24) is 19.3 Å². The fraction of sp³-hybridized carbons (Fsp3) is 0.212. The number of thiazole rings is 1. The largest absolute Gasteiger partial charge is 0.479 e. The molecule has 1 atom stereocenters. The summed E-state index contributed by atoms with van der Waals surface area (Å²) in [5.74, 6) is -1.09. The van der Waals surface area contributed by atoms with Gasteiger partial charge in [0.25, 0.3) is 5.56 Å². The number of hydrogen-bond acceptors (Lipinski definition) is 6. The summed E-state index contributed by atoms with van der Waals surface area (Å²) in [7, 11) is 1.88. The topological polar surface area (TPSA) is 99.2 Å². The molecule has 0 aliphatic heterocycles. The Balaban J connectivity index is 1.57. The number of carboxylic acid groups (broad SMARTS) is 1. The zero-order valence-corrected chi connectivity index (χ0v) is 25.8. The van der Waals surface area contributed by atoms with Crippen LogP contribution in [-0.2, 0) is 16.6 Å². The van der Waals surface area contributed by atoms with E-state index in [1.807, 2.05) is 77.2 Å². The van der Waals surface area contributed by atoms with E-state index in [1.54, 1.807) is 35.3 Å². The number of hydrogen-bond donors (Lipinski definition) is 1. The van der Waals surface area contributed by atoms with Gasteiger partial charge in [-0.2, -0.15) is 5.10 Å². The number of ether oxygens (including phenoxy) is 1. The van der Waals surface area contributed by atoms with Crippen LogP contribution in [0.4, 0.5) is 0 Å². The van der Waals surface area contributed by atoms with Crippen molar-refractivity contribution in [1.29, 1.82) is 0 Å². The molecule has 8 nitrogen and oxygen atoms in total. The molecule has 43 heavy (non-hydrogen) atoms. The predicted octanol–water partition coefficient (Wildman–Crippen LogP) is 7.57. The second kappa shape index (κ2) is 10.8. The van der Waals surface area contributed by atoms with Crippen molar-refractivity contribution in [3.63, 3.8) is 0 Å². The lowest BCUT2D eigenvalue weighted by molar-refractivity contribution is -0.160. The summed E-state index contributed by atoms with van der Waals surface area (Å²) in [5, 5.41) is 16.6. The SMILES string of the molecule is Cc1cc2nc(-n3cccc(-c4ccc5c(cnn5C)c4)c3=O)sc2c(-c2ccc(Cl)cc2)c1C(OC(C)(C)C)C(=O)O. The van der Waals surface area contributed by atoms with Crippen molar-refractivity contribution >= 4 is 50.0 Å². The van der Waals surface area contributed by atoms with Gasteiger partial charge in [0, 0.05) is 40.3 Å². The van der Waals surface area contributed by atoms with Gasteiger partial charge in [-0.1, -0.05) is 41.1 Å². The molecule has 218 valence electrons. The minimum absolute atomic E-state index is 0.214. The summed E-state index contributed by atoms with van der Waals surface area (Å²) < 4.78 is 10.2. The van der Waals surface area contributed by atoms with E-state index in [9.17, 15) is 14.7 Å². The summed E-state index contributed by atoms with van der Waals surface area (Å²) in [5.41, 5.74) is 4.74. The maximum Gasteiger partial charge on any atom is 0.337 e. The van der Waals surface area contributed by atoms with Crippen LogP contribution < -0.4 is 5.56 Å². The molecule has 6 aromatic rings. The maximum atomic E-state index is 13.9. The van der Waals surface area contributed by atoms with Crippen LogP contribution in [0.15, 0.2) is 77.9 Å². The van der Waals surface area contributed by atoms with E-state index in [0.29, 0.717) is 32.4 Å². The molecule has 0 fully saturated rings. The van der Waals surface area contributed by atoms with Gasteiger partial charge in [-0.15, -0.1) is 0 Å². The lowest BCUT2D eigenvalue weighted by atomic mass is 9.91. The van der Waals surface area contributed by atoms with Gasteiger partial charge in [0.05, 0.1) is 27.5 Å². The second-order valence-corrected chi connectivity index (χ2v) is 12.8. The average molecular weight is 613 g/mol. The molecule has 0 aliphatic carbocycles. The molecule has 3 aromatic carbocycles. The highest BCUT2D eigenvalue weighted by atomic mass is 35.5. The van der Waals surface area contributed by atoms with Crippen LogP contribution in [0.5, 0.6) is 0 Å². The molecule has 10 heteroatoms. The molecule has 1 N–H and O–H groups in total. The molecule has 3 heterocycles. The molecule has 0 saturated carbocycles. The number of carboxylic acids is 1. The number of rotatable bonds is 6. The Bertz CT molecular complexity index is 2090. The van der Waals surface area contributed by atoms with E-state index < -0.39 is 17.7 Å². The van der Waals surface area contributed by atoms with Crippen molar-refractivity contribution < 1.29 is 14.6 Å². The van der Waals surface area contributed by atoms with Gasteiger partial charge < -0.3 is 9.84 Å². The quantitative estimate of drug-likeness (QED) is 0.208. The Morgan fingerprint density at radius 3 is 2.49 bits per heavy atom. The number of carbonyl (C=O) groups is 1. The average Bonchev–Trinajstić information content (AvgIpc) is 3.54. The van der Waals surface area contributed by atoms with E-state index in [4.69, 9.17) is 21.3 Å². The summed E-state index contributed by atoms with van der Waals surface area (Å²) in [6.07, 6.45) is 2.25. The van der Waals surface area contributed by atoms with Crippen LogP contribution in [0.25, 0.3) is 48.5 Å². The van der Waals surface area contributed by atoms with Crippen LogP contribution in [-0.4, -0.2) is 36.0 Å². The van der Waals surface area contributed by atoms with Gasteiger partial charge in [-0.05, 0) is 86.8 Å². The van der Waals surface area contributed by atoms with Gasteiger partial charge >= 0.3 is 5.97 Å². The standard InChI is InChI=1S/C33H29ClN4O4S/c1-18-15-24-29(27(19-8-11-22(34)12-9-19)26(18)28(31(40)41)42-33(2,3)4)43-32(36-24)38-14-6-7-23(30(38)39)20-10-13-25-21(16-20)17-35-37(25)5/h6-17,28H,1-5H3,(H,40,41). The smallest absolute Gasteiger partial charge is 0.337 e. The summed E-state index contributed by atoms with van der Waals surface area (Å²) >= 11 is 7.54. The Kier molecular flexibility index (Phi) is 7.20. The number of aliphatic carboxylic acids is 1. The van der Waals surface area contributed by atoms with Crippen LogP contribution >= 0.6 is 22.9 Å². The van der Waals surface area contributed by atoms with E-state index in [2.05, 4.69) is 5.10 Å². The molecule has 1 unspecified atom stereocenters. The summed E-state index contributed by atoms with van der Waals surface area (Å²) in [6, 6.07) is 18.6. The number of benzene rings is 3. The first-order chi connectivity index (χ1) is 20.4. The lowest BCUT2D eigenvalue weighted by Gasteiger charge is -2.28. The van der Waals surface area contributed by atoms with E-state index in [0.717, 1.165) is 32.3 Å². The van der Waals surface area contributed by atoms with Crippen molar-refractivity contribution in [3.05, 3.63) is 99.6 Å². The minimum Gasteiger partial charge on any atom is -0.479 e. The minimum atomic E-state index is -1.23. The molecular formula is C33H29ClN4O4S. The normalized spacial score (nSPS) is 12.7. The molecular weight excluding hydrogens is 584 g/mol. The number of fused-ring (bicyclic) bond motifs is 2. The van der Waals surface area contributed by atoms with Crippen LogP contribution in [0.2, 0.25) is 5.02 Å². The fourth-order valence-electron chi connectivity index (χ4n) is 5.33. The third-order valence-electron chi connectivity index (χ3n) is 7.22. The highest BCUT2D eigenvalue weighted by Crippen LogP contribution is 2.43. The Morgan fingerprint density at radius 1 is 1.07 bits per heavy atom. The van der Waals surface area contributed by atoms with E-state index >= 15 is 0 Å². The summed E-state index contributed by atoms with van der Waals surface area (Å²) in [6.45, 7) is 7.34. The lowest BCUT2D eigenvalue weighted by Crippen LogP contribution is -2.28. The van der Waals surface area contributed by atoms with Crippen LogP contribution in [0, 0.1) is 6.92 Å². The first kappa shape index (κ1) is 28.8. The molecule has 6 rings (SSSR count). The molecule has 0 spiro atoms. The zero-order chi connectivity index (χ0) is 30.6. The molecule has 0 aliphatic rings. The summed E-state index contributed by atoms with van der Waals surface area (Å²) in [4.78, 5) is 31.4. The van der Waals surface area contributed by atoms with Crippen molar-refractivity contribution in [2.24, 2.45) is 7.05 Å². The highest BCUT2D eigenvalue weighted by molar-refractivity contribution is 7.21. The molecule has 0 amide bonds. The molecule has 3 aromatic heterocycles. The molecule has 0 bridgehead atoms. The Morgan fingerprint density at radius 2 is 1.79 bits per heavy atom. The maximum absolute atomic E-state index is 13.9. The predicted molar refractivity (Wildman–Crippen MR) is 171 cm³/mol. The van der Waals surface area contributed by atoms with Gasteiger partial charge in [0.15, 0.2) is 11.2 Å². The Hall–Kier alpha value is -4.31. The third-order valence-corrected chi connectivity index (χ3v) is 8.56. The van der Waals surface area contributed by atoms with Crippen molar-refractivity contribution in [3.8, 4) is 27.4 Å². The van der Waals surface area contributed by atoms with Gasteiger partial charge in [0.1, 0.15) is 0 Å². The highest BCUT2D eigenvalue weighted by Gasteiger charge is 2.32. The second-order valence-electron chi connectivity index (χ2n) is 11.4. The number of aromatic nitrogens is 4. The van der Waals surface area contributed by atoms with Crippen LogP contribution in [0.1, 0.15) is 38.0 Å². The van der Waals surface area contributed by atoms with Crippen molar-refractivity contribution in [2.75, 3.05) is 0 Å². The number of pyridine rings is 1. The number of nitrogens with zero attached hydrogens (tertiary/aromatic N) is 4. The van der Waals surface area contributed by atoms with Gasteiger partial charge in [0.2, 0.25) is 0 Å². The molecule has 0 radical (unpaired) electrons. The number of halogens is 1. The molecule has 0 saturated heterocycles. The van der Waals surface area contributed by atoms with Gasteiger partial charge in [-0.25, -0.2) is 9.78 Å². The van der Waals surface area contributed by atoms with Crippen LogP contribution in [0.3, 0.4) is 0 Å². The monoisotopic (exact) mass is 612 g/mol. The zero-order valence-electron chi connectivity index (χ0n) is 24.3. The first-order valence-electron chi connectivity index (χ1n) is 13.7. The van der Waals surface area contributed by atoms with E-state index in [-0.39, 0.29) is 5.56 Å². The first-order valence-corrected chi connectivity index (χ1v) is 14.9. The number of aryl methyl sites for hydroxylation is 2. The van der Waals surface area contributed by atoms with Crippen molar-refractivity contribution in [2.45, 2.75) is 39.4 Å². The van der Waals surface area contributed by atoms with Gasteiger partial charge in [-0.3, -0.25) is 14.0 Å². The third kappa shape index (κ3) is 5.35. The fourth-order valence-corrected chi connectivity index (χ4v) is 6.56. The van der Waals surface area contributed by atoms with E-state index in [1.165, 1.54) is 15.9 Å². The Labute approximate surface area is 256 Å².